The first kappa shape index (κ1) is 21.8. The highest BCUT2D eigenvalue weighted by Crippen LogP contribution is 2.22. The lowest BCUT2D eigenvalue weighted by Gasteiger charge is -2.19. The van der Waals surface area contributed by atoms with Crippen molar-refractivity contribution in [3.63, 3.8) is 0 Å². The van der Waals surface area contributed by atoms with E-state index < -0.39 is 18.5 Å². The number of carbonyl (C=O) groups is 3. The largest absolute Gasteiger partial charge is 0.497 e. The van der Waals surface area contributed by atoms with Gasteiger partial charge in [-0.05, 0) is 12.1 Å². The SMILES string of the molecule is C=CCN(CC=C)C(=O)COC(=O)CNC(=O)c1cc(OC)cc(OC)c1. The summed E-state index contributed by atoms with van der Waals surface area (Å²) in [5, 5.41) is 2.42. The molecule has 0 heterocycles. The van der Waals surface area contributed by atoms with E-state index in [9.17, 15) is 14.4 Å². The maximum atomic E-state index is 12.2. The Morgan fingerprint density at radius 3 is 2.07 bits per heavy atom. The second kappa shape index (κ2) is 11.3. The second-order valence-corrected chi connectivity index (χ2v) is 5.32. The van der Waals surface area contributed by atoms with Gasteiger partial charge in [0.05, 0.1) is 14.2 Å². The zero-order chi connectivity index (χ0) is 20.2. The van der Waals surface area contributed by atoms with E-state index in [-0.39, 0.29) is 18.0 Å². The van der Waals surface area contributed by atoms with Crippen LogP contribution in [-0.4, -0.2) is 63.1 Å². The molecule has 0 atom stereocenters. The molecule has 146 valence electrons. The monoisotopic (exact) mass is 376 g/mol. The molecule has 1 aromatic carbocycles. The fourth-order valence-corrected chi connectivity index (χ4v) is 2.07. The Morgan fingerprint density at radius 2 is 1.59 bits per heavy atom. The van der Waals surface area contributed by atoms with Crippen LogP contribution in [0.15, 0.2) is 43.5 Å². The number of ether oxygens (including phenoxy) is 3. The summed E-state index contributed by atoms with van der Waals surface area (Å²) < 4.78 is 15.1. The molecular weight excluding hydrogens is 352 g/mol. The Balaban J connectivity index is 2.54. The summed E-state index contributed by atoms with van der Waals surface area (Å²) in [6.07, 6.45) is 3.12. The molecular formula is C19H24N2O6. The molecule has 0 aliphatic carbocycles. The first-order valence-corrected chi connectivity index (χ1v) is 8.11. The fraction of sp³-hybridized carbons (Fsp3) is 0.316. The predicted octanol–water partition coefficient (Wildman–Crippen LogP) is 1.18. The van der Waals surface area contributed by atoms with Crippen molar-refractivity contribution < 1.29 is 28.6 Å². The molecule has 2 amide bonds. The summed E-state index contributed by atoms with van der Waals surface area (Å²) in [5.74, 6) is -0.736. The molecule has 0 unspecified atom stereocenters. The summed E-state index contributed by atoms with van der Waals surface area (Å²) in [5.41, 5.74) is 0.262. The normalized spacial score (nSPS) is 9.70. The van der Waals surface area contributed by atoms with Gasteiger partial charge in [-0.25, -0.2) is 0 Å². The van der Waals surface area contributed by atoms with Crippen LogP contribution in [0.2, 0.25) is 0 Å². The van der Waals surface area contributed by atoms with Crippen molar-refractivity contribution in [3.8, 4) is 11.5 Å². The number of hydrogen-bond acceptors (Lipinski definition) is 6. The van der Waals surface area contributed by atoms with E-state index in [0.717, 1.165) is 0 Å². The number of hydrogen-bond donors (Lipinski definition) is 1. The zero-order valence-electron chi connectivity index (χ0n) is 15.5. The Kier molecular flexibility index (Phi) is 9.14. The van der Waals surface area contributed by atoms with E-state index in [2.05, 4.69) is 18.5 Å². The number of methoxy groups -OCH3 is 2. The molecule has 0 radical (unpaired) electrons. The number of nitrogens with one attached hydrogen (secondary N) is 1. The van der Waals surface area contributed by atoms with E-state index in [1.54, 1.807) is 18.2 Å². The van der Waals surface area contributed by atoms with Crippen molar-refractivity contribution >= 4 is 17.8 Å². The van der Waals surface area contributed by atoms with Crippen LogP contribution in [0.5, 0.6) is 11.5 Å². The third-order valence-electron chi connectivity index (χ3n) is 3.42. The van der Waals surface area contributed by atoms with Gasteiger partial charge in [0, 0.05) is 24.7 Å². The van der Waals surface area contributed by atoms with Crippen LogP contribution in [-0.2, 0) is 14.3 Å². The highest BCUT2D eigenvalue weighted by molar-refractivity contribution is 5.96. The Labute approximate surface area is 158 Å². The van der Waals surface area contributed by atoms with E-state index in [1.807, 2.05) is 0 Å². The van der Waals surface area contributed by atoms with Crippen molar-refractivity contribution in [2.75, 3.05) is 40.5 Å². The summed E-state index contributed by atoms with van der Waals surface area (Å²) in [6, 6.07) is 4.64. The number of benzene rings is 1. The van der Waals surface area contributed by atoms with E-state index in [0.29, 0.717) is 24.6 Å². The molecule has 0 aliphatic heterocycles. The molecule has 0 saturated heterocycles. The number of nitrogens with zero attached hydrogens (tertiary/aromatic N) is 1. The van der Waals surface area contributed by atoms with Gasteiger partial charge in [-0.15, -0.1) is 13.2 Å². The Hall–Kier alpha value is -3.29. The second-order valence-electron chi connectivity index (χ2n) is 5.32. The van der Waals surface area contributed by atoms with Crippen LogP contribution < -0.4 is 14.8 Å². The summed E-state index contributed by atoms with van der Waals surface area (Å²) in [4.78, 5) is 37.3. The van der Waals surface area contributed by atoms with Gasteiger partial charge in [0.2, 0.25) is 0 Å². The molecule has 8 nitrogen and oxygen atoms in total. The fourth-order valence-electron chi connectivity index (χ4n) is 2.07. The first-order chi connectivity index (χ1) is 12.9. The average Bonchev–Trinajstić information content (AvgIpc) is 2.69. The van der Waals surface area contributed by atoms with Crippen molar-refractivity contribution in [1.82, 2.24) is 10.2 Å². The minimum absolute atomic E-state index is 0.262. The number of rotatable bonds is 11. The minimum atomic E-state index is -0.733. The molecule has 0 saturated carbocycles. The lowest BCUT2D eigenvalue weighted by molar-refractivity contribution is -0.150. The Bertz CT molecular complexity index is 669. The number of esters is 1. The lowest BCUT2D eigenvalue weighted by Crippen LogP contribution is -2.37. The van der Waals surface area contributed by atoms with Gasteiger partial charge in [-0.3, -0.25) is 14.4 Å². The molecule has 1 rings (SSSR count). The summed E-state index contributed by atoms with van der Waals surface area (Å²) >= 11 is 0. The molecule has 0 aliphatic rings. The van der Waals surface area contributed by atoms with Gasteiger partial charge >= 0.3 is 5.97 Å². The Morgan fingerprint density at radius 1 is 1.04 bits per heavy atom. The summed E-state index contributed by atoms with van der Waals surface area (Å²) in [7, 11) is 2.93. The van der Waals surface area contributed by atoms with Gasteiger partial charge in [0.1, 0.15) is 18.0 Å². The van der Waals surface area contributed by atoms with E-state index in [4.69, 9.17) is 14.2 Å². The quantitative estimate of drug-likeness (QED) is 0.460. The van der Waals surface area contributed by atoms with Crippen molar-refractivity contribution in [3.05, 3.63) is 49.1 Å². The molecule has 0 bridgehead atoms. The first-order valence-electron chi connectivity index (χ1n) is 8.11. The maximum Gasteiger partial charge on any atom is 0.325 e. The smallest absolute Gasteiger partial charge is 0.325 e. The molecule has 0 aromatic heterocycles. The molecule has 1 aromatic rings. The van der Waals surface area contributed by atoms with Crippen LogP contribution in [0, 0.1) is 0 Å². The number of amides is 2. The van der Waals surface area contributed by atoms with Crippen molar-refractivity contribution in [1.29, 1.82) is 0 Å². The van der Waals surface area contributed by atoms with Gasteiger partial charge in [-0.2, -0.15) is 0 Å². The van der Waals surface area contributed by atoms with Gasteiger partial charge < -0.3 is 24.4 Å². The zero-order valence-corrected chi connectivity index (χ0v) is 15.5. The molecule has 1 N–H and O–H groups in total. The standard InChI is InChI=1S/C19H24N2O6/c1-5-7-21(8-6-2)17(22)13-27-18(23)12-20-19(24)14-9-15(25-3)11-16(10-14)26-4/h5-6,9-11H,1-2,7-8,12-13H2,3-4H3,(H,20,24). The number of carbonyl (C=O) groups excluding carboxylic acids is 3. The minimum Gasteiger partial charge on any atom is -0.497 e. The predicted molar refractivity (Wildman–Crippen MR) is 99.8 cm³/mol. The molecule has 8 heteroatoms. The van der Waals surface area contributed by atoms with Gasteiger partial charge in [0.25, 0.3) is 11.8 Å². The van der Waals surface area contributed by atoms with Crippen LogP contribution in [0.25, 0.3) is 0 Å². The van der Waals surface area contributed by atoms with Gasteiger partial charge in [0.15, 0.2) is 6.61 Å². The van der Waals surface area contributed by atoms with Crippen LogP contribution in [0.4, 0.5) is 0 Å². The maximum absolute atomic E-state index is 12.2. The molecule has 0 spiro atoms. The molecule has 0 fully saturated rings. The van der Waals surface area contributed by atoms with Crippen LogP contribution >= 0.6 is 0 Å². The molecule has 27 heavy (non-hydrogen) atoms. The third kappa shape index (κ3) is 7.23. The lowest BCUT2D eigenvalue weighted by atomic mass is 10.2. The third-order valence-corrected chi connectivity index (χ3v) is 3.42. The van der Waals surface area contributed by atoms with Crippen LogP contribution in [0.1, 0.15) is 10.4 Å². The van der Waals surface area contributed by atoms with Crippen molar-refractivity contribution in [2.45, 2.75) is 0 Å². The van der Waals surface area contributed by atoms with Crippen LogP contribution in [0.3, 0.4) is 0 Å². The van der Waals surface area contributed by atoms with Crippen molar-refractivity contribution in [2.24, 2.45) is 0 Å². The van der Waals surface area contributed by atoms with Gasteiger partial charge in [-0.1, -0.05) is 12.2 Å². The van der Waals surface area contributed by atoms with E-state index >= 15 is 0 Å². The van der Waals surface area contributed by atoms with E-state index in [1.165, 1.54) is 31.3 Å². The summed E-state index contributed by atoms with van der Waals surface area (Å²) in [6.45, 7) is 6.95. The topological polar surface area (TPSA) is 94.2 Å². The highest BCUT2D eigenvalue weighted by Gasteiger charge is 2.15. The average molecular weight is 376 g/mol. The highest BCUT2D eigenvalue weighted by atomic mass is 16.5.